The second-order valence-electron chi connectivity index (χ2n) is 14.2. The van der Waals surface area contributed by atoms with Crippen molar-refractivity contribution in [1.82, 2.24) is 30.6 Å². The van der Waals surface area contributed by atoms with Crippen molar-refractivity contribution in [1.29, 1.82) is 0 Å². The first kappa shape index (κ1) is 28.5. The zero-order valence-corrected chi connectivity index (χ0v) is 26.5. The van der Waals surface area contributed by atoms with Crippen molar-refractivity contribution in [3.63, 3.8) is 0 Å². The van der Waals surface area contributed by atoms with Gasteiger partial charge < -0.3 is 25.5 Å². The van der Waals surface area contributed by atoms with E-state index in [2.05, 4.69) is 74.0 Å². The minimum Gasteiger partial charge on any atom is -0.357 e. The maximum absolute atomic E-state index is 16.0. The number of aromatic nitrogens is 4. The van der Waals surface area contributed by atoms with Crippen molar-refractivity contribution in [3.8, 4) is 0 Å². The molecule has 46 heavy (non-hydrogen) atoms. The van der Waals surface area contributed by atoms with Gasteiger partial charge in [-0.3, -0.25) is 0 Å². The Morgan fingerprint density at radius 2 is 1.20 bits per heavy atom. The van der Waals surface area contributed by atoms with E-state index in [1.807, 2.05) is 6.07 Å². The first-order valence-electron chi connectivity index (χ1n) is 17.7. The van der Waals surface area contributed by atoms with Crippen LogP contribution in [0.15, 0.2) is 54.6 Å². The van der Waals surface area contributed by atoms with Gasteiger partial charge in [0.2, 0.25) is 0 Å². The molecule has 0 radical (unpaired) electrons. The summed E-state index contributed by atoms with van der Waals surface area (Å²) in [7, 11) is 0. The number of hydrogen-bond acceptors (Lipinski definition) is 5. The first-order chi connectivity index (χ1) is 22.7. The second kappa shape index (κ2) is 11.8. The Morgan fingerprint density at radius 3 is 1.72 bits per heavy atom. The highest BCUT2D eigenvalue weighted by atomic mass is 19.1. The molecule has 8 heteroatoms. The zero-order valence-electron chi connectivity index (χ0n) is 26.5. The van der Waals surface area contributed by atoms with Crippen LogP contribution >= 0.6 is 0 Å². The van der Waals surface area contributed by atoms with Gasteiger partial charge in [0.15, 0.2) is 0 Å². The second-order valence-corrected chi connectivity index (χ2v) is 14.2. The smallest absolute Gasteiger partial charge is 0.128 e. The lowest BCUT2D eigenvalue weighted by Gasteiger charge is -2.34. The van der Waals surface area contributed by atoms with Crippen molar-refractivity contribution in [2.24, 2.45) is 0 Å². The monoisotopic (exact) mass is 617 g/mol. The minimum atomic E-state index is -0.0516. The summed E-state index contributed by atoms with van der Waals surface area (Å²) in [6, 6.07) is 20.3. The van der Waals surface area contributed by atoms with E-state index in [1.54, 1.807) is 0 Å². The number of imidazole rings is 2. The van der Waals surface area contributed by atoms with E-state index in [0.717, 1.165) is 96.6 Å². The van der Waals surface area contributed by atoms with Gasteiger partial charge in [0, 0.05) is 5.69 Å². The summed E-state index contributed by atoms with van der Waals surface area (Å²) in [5, 5.41) is 7.14. The highest BCUT2D eigenvalue weighted by Crippen LogP contribution is 2.48. The molecule has 1 aliphatic carbocycles. The SMILES string of the molecule is Fc1cc(N2[C@@H](c3ccc4nc([C@@H]5CCCN5)[nH]c4c3)CC[C@H]2c2ccc3nc([C@@H]4CCCN4)[nH]c3c2)ccc1C1CCCCC1. The van der Waals surface area contributed by atoms with Crippen LogP contribution in [-0.2, 0) is 0 Å². The third-order valence-electron chi connectivity index (χ3n) is 11.3. The average Bonchev–Trinajstić information content (AvgIpc) is 3.93. The Labute approximate surface area is 269 Å². The number of nitrogens with one attached hydrogen (secondary N) is 4. The van der Waals surface area contributed by atoms with E-state index < -0.39 is 0 Å². The molecular formula is C38H44FN7. The van der Waals surface area contributed by atoms with Crippen molar-refractivity contribution in [2.75, 3.05) is 18.0 Å². The molecular weight excluding hydrogens is 573 g/mol. The average molecular weight is 618 g/mol. The third kappa shape index (κ3) is 5.10. The lowest BCUT2D eigenvalue weighted by molar-refractivity contribution is 0.429. The zero-order chi connectivity index (χ0) is 30.6. The van der Waals surface area contributed by atoms with Crippen LogP contribution in [0.5, 0.6) is 0 Å². The fraction of sp³-hybridized carbons (Fsp3) is 0.474. The Hall–Kier alpha value is -3.75. The van der Waals surface area contributed by atoms with Crippen LogP contribution in [0.25, 0.3) is 22.1 Å². The highest BCUT2D eigenvalue weighted by Gasteiger charge is 2.37. The van der Waals surface area contributed by atoms with Gasteiger partial charge in [-0.05, 0) is 123 Å². The van der Waals surface area contributed by atoms with Crippen LogP contribution < -0.4 is 15.5 Å². The molecule has 5 heterocycles. The van der Waals surface area contributed by atoms with Crippen LogP contribution in [0, 0.1) is 5.82 Å². The van der Waals surface area contributed by atoms with Crippen molar-refractivity contribution in [3.05, 3.63) is 88.8 Å². The molecule has 3 aromatic carbocycles. The molecule has 5 aromatic rings. The molecule has 4 aliphatic rings. The topological polar surface area (TPSA) is 84.7 Å². The highest BCUT2D eigenvalue weighted by molar-refractivity contribution is 5.78. The number of nitrogens with zero attached hydrogens (tertiary/aromatic N) is 3. The summed E-state index contributed by atoms with van der Waals surface area (Å²) in [5.74, 6) is 2.35. The lowest BCUT2D eigenvalue weighted by Crippen LogP contribution is -2.26. The van der Waals surface area contributed by atoms with Crippen LogP contribution in [0.4, 0.5) is 10.1 Å². The molecule has 0 spiro atoms. The normalized spacial score (nSPS) is 25.8. The van der Waals surface area contributed by atoms with Crippen molar-refractivity contribution < 1.29 is 4.39 Å². The fourth-order valence-electron chi connectivity index (χ4n) is 8.92. The predicted octanol–water partition coefficient (Wildman–Crippen LogP) is 8.56. The lowest BCUT2D eigenvalue weighted by atomic mass is 9.84. The molecule has 0 bridgehead atoms. The molecule has 0 amide bonds. The van der Waals surface area contributed by atoms with Crippen molar-refractivity contribution in [2.45, 2.75) is 101 Å². The first-order valence-corrected chi connectivity index (χ1v) is 17.7. The van der Waals surface area contributed by atoms with E-state index in [9.17, 15) is 0 Å². The summed E-state index contributed by atoms with van der Waals surface area (Å²) < 4.78 is 16.0. The Kier molecular flexibility index (Phi) is 7.30. The van der Waals surface area contributed by atoms with Crippen LogP contribution in [0.3, 0.4) is 0 Å². The Bertz CT molecular complexity index is 1760. The molecule has 9 rings (SSSR count). The number of benzene rings is 3. The molecule has 1 saturated carbocycles. The molecule has 7 nitrogen and oxygen atoms in total. The molecule has 4 fully saturated rings. The Morgan fingerprint density at radius 1 is 0.609 bits per heavy atom. The molecule has 0 unspecified atom stereocenters. The number of halogens is 1. The molecule has 2 aromatic heterocycles. The predicted molar refractivity (Wildman–Crippen MR) is 182 cm³/mol. The molecule has 4 atom stereocenters. The fourth-order valence-corrected chi connectivity index (χ4v) is 8.92. The standard InChI is InChI=1S/C38H44FN7/c39-28-22-26(12-13-27(28)23-6-2-1-3-7-23)46-35(24-10-14-29-33(20-24)44-37(42-29)31-8-4-18-40-31)16-17-36(46)25-11-15-30-34(21-25)45-38(43-30)32-9-5-19-41-32/h10-15,20-23,31-32,35-36,40-41H,1-9,16-19H2,(H,42,44)(H,43,45)/t31-,32-,35-,36+/m0/s1. The number of anilines is 1. The third-order valence-corrected chi connectivity index (χ3v) is 11.3. The summed E-state index contributed by atoms with van der Waals surface area (Å²) in [5.41, 5.74) is 8.53. The molecule has 3 saturated heterocycles. The summed E-state index contributed by atoms with van der Waals surface area (Å²) in [6.45, 7) is 2.09. The minimum absolute atomic E-state index is 0.0516. The quantitative estimate of drug-likeness (QED) is 0.153. The van der Waals surface area contributed by atoms with Gasteiger partial charge in [-0.15, -0.1) is 0 Å². The Balaban J connectivity index is 1.09. The van der Waals surface area contributed by atoms with Gasteiger partial charge in [0.25, 0.3) is 0 Å². The largest absolute Gasteiger partial charge is 0.357 e. The summed E-state index contributed by atoms with van der Waals surface area (Å²) in [4.78, 5) is 19.6. The van der Waals surface area contributed by atoms with Crippen molar-refractivity contribution >= 4 is 27.8 Å². The van der Waals surface area contributed by atoms with Gasteiger partial charge in [0.1, 0.15) is 17.5 Å². The van der Waals surface area contributed by atoms with Crippen LogP contribution in [0.2, 0.25) is 0 Å². The number of hydrogen-bond donors (Lipinski definition) is 4. The number of aromatic amines is 2. The van der Waals surface area contributed by atoms with E-state index in [0.29, 0.717) is 18.0 Å². The van der Waals surface area contributed by atoms with Crippen LogP contribution in [0.1, 0.15) is 129 Å². The van der Waals surface area contributed by atoms with E-state index >= 15 is 4.39 Å². The molecule has 3 aliphatic heterocycles. The molecule has 4 N–H and O–H groups in total. The van der Waals surface area contributed by atoms with E-state index in [-0.39, 0.29) is 17.9 Å². The van der Waals surface area contributed by atoms with E-state index in [4.69, 9.17) is 9.97 Å². The maximum Gasteiger partial charge on any atom is 0.128 e. The summed E-state index contributed by atoms with van der Waals surface area (Å²) >= 11 is 0. The van der Waals surface area contributed by atoms with Gasteiger partial charge in [-0.25, -0.2) is 14.4 Å². The van der Waals surface area contributed by atoms with Gasteiger partial charge in [0.05, 0.1) is 46.2 Å². The van der Waals surface area contributed by atoms with Gasteiger partial charge in [-0.2, -0.15) is 0 Å². The van der Waals surface area contributed by atoms with Crippen LogP contribution in [-0.4, -0.2) is 33.0 Å². The number of H-pyrrole nitrogens is 2. The maximum atomic E-state index is 16.0. The van der Waals surface area contributed by atoms with E-state index in [1.165, 1.54) is 43.2 Å². The summed E-state index contributed by atoms with van der Waals surface area (Å²) in [6.07, 6.45) is 12.4. The van der Waals surface area contributed by atoms with Gasteiger partial charge in [-0.1, -0.05) is 37.5 Å². The number of fused-ring (bicyclic) bond motifs is 2. The van der Waals surface area contributed by atoms with Gasteiger partial charge >= 0.3 is 0 Å². The molecule has 238 valence electrons. The number of rotatable bonds is 6.